The Hall–Kier alpha value is -3.16. The van der Waals surface area contributed by atoms with Crippen LogP contribution in [0.2, 0.25) is 0 Å². The number of anilines is 2. The lowest BCUT2D eigenvalue weighted by Crippen LogP contribution is -2.52. The molecule has 2 aliphatic rings. The predicted octanol–water partition coefficient (Wildman–Crippen LogP) is 1.48. The lowest BCUT2D eigenvalue weighted by Gasteiger charge is -2.38. The highest BCUT2D eigenvalue weighted by Crippen LogP contribution is 2.29. The molecule has 0 saturated carbocycles. The second-order valence-corrected chi connectivity index (χ2v) is 7.02. The Kier molecular flexibility index (Phi) is 4.62. The van der Waals surface area contributed by atoms with E-state index in [1.165, 1.54) is 0 Å². The summed E-state index contributed by atoms with van der Waals surface area (Å²) in [5, 5.41) is 5.92. The van der Waals surface area contributed by atoms with E-state index in [0.717, 1.165) is 37.6 Å². The number of urea groups is 1. The minimum Gasteiger partial charge on any atom is -0.341 e. The maximum absolute atomic E-state index is 12.4. The lowest BCUT2D eigenvalue weighted by molar-refractivity contribution is -0.116. The summed E-state index contributed by atoms with van der Waals surface area (Å²) >= 11 is 0. The molecule has 0 unspecified atom stereocenters. The van der Waals surface area contributed by atoms with Gasteiger partial charge in [-0.1, -0.05) is 18.2 Å². The molecule has 3 amide bonds. The lowest BCUT2D eigenvalue weighted by atomic mass is 9.88. The van der Waals surface area contributed by atoms with Gasteiger partial charge in [-0.2, -0.15) is 0 Å². The van der Waals surface area contributed by atoms with Crippen LogP contribution >= 0.6 is 0 Å². The number of carbonyl (C=O) groups is 2. The Morgan fingerprint density at radius 2 is 1.81 bits per heavy atom. The Morgan fingerprint density at radius 3 is 2.52 bits per heavy atom. The van der Waals surface area contributed by atoms with Crippen LogP contribution in [0.25, 0.3) is 0 Å². The molecule has 0 radical (unpaired) electrons. The van der Waals surface area contributed by atoms with Crippen molar-refractivity contribution < 1.29 is 9.59 Å². The molecule has 1 spiro atoms. The third-order valence-corrected chi connectivity index (χ3v) is 5.10. The summed E-state index contributed by atoms with van der Waals surface area (Å²) in [6.07, 6.45) is 5.07. The number of hydrogen-bond donors (Lipinski definition) is 2. The maximum Gasteiger partial charge on any atom is 0.318 e. The third-order valence-electron chi connectivity index (χ3n) is 5.10. The Labute approximate surface area is 157 Å². The molecule has 1 aromatic heterocycles. The van der Waals surface area contributed by atoms with Gasteiger partial charge >= 0.3 is 6.03 Å². The van der Waals surface area contributed by atoms with Crippen LogP contribution in [-0.4, -0.2) is 58.5 Å². The largest absolute Gasteiger partial charge is 0.341 e. The fourth-order valence-corrected chi connectivity index (χ4v) is 3.68. The van der Waals surface area contributed by atoms with Crippen molar-refractivity contribution in [2.45, 2.75) is 18.4 Å². The summed E-state index contributed by atoms with van der Waals surface area (Å²) in [6, 6.07) is 10.9. The molecule has 2 fully saturated rings. The number of nitrogens with one attached hydrogen (secondary N) is 2. The number of hydrogen-bond acceptors (Lipinski definition) is 5. The zero-order valence-electron chi connectivity index (χ0n) is 15.0. The van der Waals surface area contributed by atoms with Gasteiger partial charge in [0.1, 0.15) is 6.54 Å². The van der Waals surface area contributed by atoms with Crippen molar-refractivity contribution in [2.24, 2.45) is 0 Å². The number of rotatable bonds is 4. The van der Waals surface area contributed by atoms with Crippen LogP contribution in [0.4, 0.5) is 16.4 Å². The van der Waals surface area contributed by atoms with Gasteiger partial charge in [0.15, 0.2) is 0 Å². The van der Waals surface area contributed by atoms with Crippen molar-refractivity contribution in [3.63, 3.8) is 0 Å². The van der Waals surface area contributed by atoms with E-state index < -0.39 is 0 Å². The van der Waals surface area contributed by atoms with Gasteiger partial charge in [0.2, 0.25) is 11.9 Å². The first kappa shape index (κ1) is 17.3. The quantitative estimate of drug-likeness (QED) is 0.855. The number of aromatic nitrogens is 2. The van der Waals surface area contributed by atoms with Gasteiger partial charge < -0.3 is 20.4 Å². The molecule has 8 heteroatoms. The molecule has 3 heterocycles. The number of piperidine rings is 1. The van der Waals surface area contributed by atoms with Crippen molar-refractivity contribution in [3.8, 4) is 0 Å². The molecule has 1 aromatic carbocycles. The number of benzene rings is 1. The first-order chi connectivity index (χ1) is 13.1. The van der Waals surface area contributed by atoms with E-state index in [4.69, 9.17) is 0 Å². The highest BCUT2D eigenvalue weighted by molar-refractivity contribution is 5.94. The Morgan fingerprint density at radius 1 is 1.11 bits per heavy atom. The van der Waals surface area contributed by atoms with E-state index in [1.54, 1.807) is 23.4 Å². The molecular formula is C19H22N6O2. The van der Waals surface area contributed by atoms with Gasteiger partial charge in [0, 0.05) is 37.7 Å². The predicted molar refractivity (Wildman–Crippen MR) is 101 cm³/mol. The minimum absolute atomic E-state index is 0.0496. The van der Waals surface area contributed by atoms with E-state index >= 15 is 0 Å². The van der Waals surface area contributed by atoms with Gasteiger partial charge in [-0.15, -0.1) is 0 Å². The molecule has 0 aliphatic carbocycles. The SMILES string of the molecule is O=C(CN1CC2(CCN(c3ncccn3)CC2)NC1=O)Nc1ccccc1. The summed E-state index contributed by atoms with van der Waals surface area (Å²) in [5.41, 5.74) is 0.447. The Bertz CT molecular complexity index is 805. The van der Waals surface area contributed by atoms with Crippen molar-refractivity contribution in [2.75, 3.05) is 36.4 Å². The highest BCUT2D eigenvalue weighted by atomic mass is 16.2. The molecule has 4 rings (SSSR count). The van der Waals surface area contributed by atoms with Crippen LogP contribution in [-0.2, 0) is 4.79 Å². The van der Waals surface area contributed by atoms with Crippen LogP contribution in [0.1, 0.15) is 12.8 Å². The van der Waals surface area contributed by atoms with Gasteiger partial charge in [-0.05, 0) is 31.0 Å². The van der Waals surface area contributed by atoms with Gasteiger partial charge in [-0.3, -0.25) is 4.79 Å². The highest BCUT2D eigenvalue weighted by Gasteiger charge is 2.45. The van der Waals surface area contributed by atoms with E-state index in [9.17, 15) is 9.59 Å². The van der Waals surface area contributed by atoms with Gasteiger partial charge in [-0.25, -0.2) is 14.8 Å². The van der Waals surface area contributed by atoms with Crippen molar-refractivity contribution in [1.29, 1.82) is 0 Å². The fraction of sp³-hybridized carbons (Fsp3) is 0.368. The summed E-state index contributed by atoms with van der Waals surface area (Å²) in [5.74, 6) is 0.527. The monoisotopic (exact) mass is 366 g/mol. The van der Waals surface area contributed by atoms with E-state index in [2.05, 4.69) is 25.5 Å². The summed E-state index contributed by atoms with van der Waals surface area (Å²) in [7, 11) is 0. The average Bonchev–Trinajstić information content (AvgIpc) is 2.98. The minimum atomic E-state index is -0.282. The second-order valence-electron chi connectivity index (χ2n) is 7.02. The van der Waals surface area contributed by atoms with Crippen molar-refractivity contribution >= 4 is 23.6 Å². The van der Waals surface area contributed by atoms with Crippen molar-refractivity contribution in [1.82, 2.24) is 20.2 Å². The molecule has 2 N–H and O–H groups in total. The molecule has 2 aliphatic heterocycles. The normalized spacial score (nSPS) is 18.4. The smallest absolute Gasteiger partial charge is 0.318 e. The number of amides is 3. The molecule has 27 heavy (non-hydrogen) atoms. The molecule has 0 bridgehead atoms. The number of nitrogens with zero attached hydrogens (tertiary/aromatic N) is 4. The van der Waals surface area contributed by atoms with E-state index in [1.807, 2.05) is 30.3 Å². The number of para-hydroxylation sites is 1. The summed E-state index contributed by atoms with van der Waals surface area (Å²) in [6.45, 7) is 2.13. The molecule has 140 valence electrons. The number of carbonyl (C=O) groups excluding carboxylic acids is 2. The first-order valence-corrected chi connectivity index (χ1v) is 9.08. The zero-order valence-corrected chi connectivity index (χ0v) is 15.0. The average molecular weight is 366 g/mol. The van der Waals surface area contributed by atoms with Gasteiger partial charge in [0.25, 0.3) is 0 Å². The first-order valence-electron chi connectivity index (χ1n) is 9.08. The molecular weight excluding hydrogens is 344 g/mol. The van der Waals surface area contributed by atoms with E-state index in [0.29, 0.717) is 6.54 Å². The Balaban J connectivity index is 1.33. The van der Waals surface area contributed by atoms with Gasteiger partial charge in [0.05, 0.1) is 5.54 Å². The molecule has 0 atom stereocenters. The van der Waals surface area contributed by atoms with Crippen LogP contribution in [0, 0.1) is 0 Å². The van der Waals surface area contributed by atoms with Crippen LogP contribution < -0.4 is 15.5 Å². The molecule has 2 saturated heterocycles. The second kappa shape index (κ2) is 7.22. The maximum atomic E-state index is 12.4. The topological polar surface area (TPSA) is 90.5 Å². The molecule has 2 aromatic rings. The summed E-state index contributed by atoms with van der Waals surface area (Å²) in [4.78, 5) is 36.9. The van der Waals surface area contributed by atoms with Crippen LogP contribution in [0.3, 0.4) is 0 Å². The van der Waals surface area contributed by atoms with Crippen molar-refractivity contribution in [3.05, 3.63) is 48.8 Å². The van der Waals surface area contributed by atoms with E-state index in [-0.39, 0.29) is 24.0 Å². The summed E-state index contributed by atoms with van der Waals surface area (Å²) < 4.78 is 0. The zero-order chi connectivity index (χ0) is 18.7. The van der Waals surface area contributed by atoms with Crippen LogP contribution in [0.5, 0.6) is 0 Å². The standard InChI is InChI=1S/C19H22N6O2/c26-16(22-15-5-2-1-3-6-15)13-25-14-19(23-18(25)27)7-11-24(12-8-19)17-20-9-4-10-21-17/h1-6,9-10H,7-8,11-14H2,(H,22,26)(H,23,27). The third kappa shape index (κ3) is 3.84. The molecule has 8 nitrogen and oxygen atoms in total. The van der Waals surface area contributed by atoms with Crippen LogP contribution in [0.15, 0.2) is 48.8 Å². The fourth-order valence-electron chi connectivity index (χ4n) is 3.68.